The molecule has 0 saturated carbocycles. The minimum atomic E-state index is -0.973. The molecule has 0 bridgehead atoms. The maximum absolute atomic E-state index is 10.5. The summed E-state index contributed by atoms with van der Waals surface area (Å²) >= 11 is 1.56. The second-order valence-electron chi connectivity index (χ2n) is 2.37. The molecule has 71 valence electrons. The van der Waals surface area contributed by atoms with Crippen molar-refractivity contribution in [3.63, 3.8) is 0 Å². The zero-order chi connectivity index (χ0) is 9.56. The summed E-state index contributed by atoms with van der Waals surface area (Å²) in [6.45, 7) is 1.31. The van der Waals surface area contributed by atoms with Crippen molar-refractivity contribution in [2.75, 3.05) is 12.0 Å². The van der Waals surface area contributed by atoms with Crippen LogP contribution in [-0.2, 0) is 9.59 Å². The summed E-state index contributed by atoms with van der Waals surface area (Å²) in [5.41, 5.74) is 0. The molecule has 6 heteroatoms. The number of thioether (sulfide) groups is 1. The number of amides is 1. The van der Waals surface area contributed by atoms with Gasteiger partial charge in [-0.2, -0.15) is 11.8 Å². The van der Waals surface area contributed by atoms with Gasteiger partial charge in [0, 0.05) is 36.5 Å². The molecule has 2 N–H and O–H groups in total. The molecule has 0 rings (SSSR count). The van der Waals surface area contributed by atoms with E-state index in [2.05, 4.69) is 5.32 Å². The number of hydrogen-bond acceptors (Lipinski definition) is 3. The van der Waals surface area contributed by atoms with E-state index in [9.17, 15) is 9.59 Å². The SMILES string of the molecule is CSCCC(NC(C)=O)C(=O)O.[Na]. The first kappa shape index (κ1) is 15.7. The van der Waals surface area contributed by atoms with Gasteiger partial charge in [0.1, 0.15) is 6.04 Å². The summed E-state index contributed by atoms with van der Waals surface area (Å²) in [5, 5.41) is 11.0. The van der Waals surface area contributed by atoms with Gasteiger partial charge < -0.3 is 10.4 Å². The van der Waals surface area contributed by atoms with Crippen LogP contribution in [0.2, 0.25) is 0 Å². The van der Waals surface area contributed by atoms with Crippen LogP contribution in [0.4, 0.5) is 0 Å². The Labute approximate surface area is 104 Å². The maximum Gasteiger partial charge on any atom is 0.326 e. The van der Waals surface area contributed by atoms with Crippen molar-refractivity contribution in [2.45, 2.75) is 19.4 Å². The predicted octanol–water partition coefficient (Wildman–Crippen LogP) is -0.0520. The van der Waals surface area contributed by atoms with Gasteiger partial charge in [-0.05, 0) is 18.4 Å². The van der Waals surface area contributed by atoms with E-state index in [1.807, 2.05) is 6.26 Å². The van der Waals surface area contributed by atoms with E-state index < -0.39 is 12.0 Å². The van der Waals surface area contributed by atoms with Crippen LogP contribution in [0.1, 0.15) is 13.3 Å². The zero-order valence-corrected chi connectivity index (χ0v) is 11.0. The molecule has 0 fully saturated rings. The van der Waals surface area contributed by atoms with Gasteiger partial charge in [0.15, 0.2) is 0 Å². The average Bonchev–Trinajstić information content (AvgIpc) is 1.96. The molecule has 1 radical (unpaired) electrons. The Morgan fingerprint density at radius 1 is 1.54 bits per heavy atom. The number of carbonyl (C=O) groups excluding carboxylic acids is 1. The first-order valence-corrected chi connectivity index (χ1v) is 4.96. The van der Waals surface area contributed by atoms with Crippen LogP contribution in [0.15, 0.2) is 0 Å². The molecule has 1 unspecified atom stereocenters. The van der Waals surface area contributed by atoms with Crippen molar-refractivity contribution in [3.05, 3.63) is 0 Å². The minimum absolute atomic E-state index is 0. The van der Waals surface area contributed by atoms with E-state index in [-0.39, 0.29) is 35.5 Å². The topological polar surface area (TPSA) is 66.4 Å². The van der Waals surface area contributed by atoms with Crippen LogP contribution >= 0.6 is 11.8 Å². The van der Waals surface area contributed by atoms with E-state index in [1.54, 1.807) is 11.8 Å². The van der Waals surface area contributed by atoms with Crippen molar-refractivity contribution in [2.24, 2.45) is 0 Å². The molecule has 0 spiro atoms. The molecule has 0 aliphatic carbocycles. The average molecular weight is 214 g/mol. The quantitative estimate of drug-likeness (QED) is 0.630. The molecule has 1 amide bonds. The second kappa shape index (κ2) is 8.87. The van der Waals surface area contributed by atoms with Gasteiger partial charge in [-0.25, -0.2) is 4.79 Å². The zero-order valence-electron chi connectivity index (χ0n) is 8.16. The first-order valence-electron chi connectivity index (χ1n) is 3.56. The first-order chi connectivity index (χ1) is 5.57. The van der Waals surface area contributed by atoms with Crippen LogP contribution in [0, 0.1) is 0 Å². The molecule has 4 nitrogen and oxygen atoms in total. The predicted molar refractivity (Wildman–Crippen MR) is 54.0 cm³/mol. The molecule has 1 atom stereocenters. The van der Waals surface area contributed by atoms with Gasteiger partial charge in [0.05, 0.1) is 0 Å². The summed E-state index contributed by atoms with van der Waals surface area (Å²) in [7, 11) is 0. The monoisotopic (exact) mass is 214 g/mol. The number of hydrogen-bond donors (Lipinski definition) is 2. The van der Waals surface area contributed by atoms with E-state index >= 15 is 0 Å². The van der Waals surface area contributed by atoms with Crippen molar-refractivity contribution in [1.29, 1.82) is 0 Å². The molecule has 0 aromatic heterocycles. The summed E-state index contributed by atoms with van der Waals surface area (Å²) in [6, 6.07) is -0.741. The number of aliphatic carboxylic acids is 1. The maximum atomic E-state index is 10.5. The third-order valence-corrected chi connectivity index (χ3v) is 1.93. The summed E-state index contributed by atoms with van der Waals surface area (Å²) in [6.07, 6.45) is 2.36. The molecular weight excluding hydrogens is 201 g/mol. The van der Waals surface area contributed by atoms with E-state index in [1.165, 1.54) is 6.92 Å². The number of rotatable bonds is 5. The number of carbonyl (C=O) groups is 2. The van der Waals surface area contributed by atoms with Gasteiger partial charge in [-0.3, -0.25) is 4.79 Å². The van der Waals surface area contributed by atoms with Crippen molar-refractivity contribution in [3.8, 4) is 0 Å². The van der Waals surface area contributed by atoms with Crippen molar-refractivity contribution < 1.29 is 14.7 Å². The number of carboxylic acid groups (broad SMARTS) is 1. The van der Waals surface area contributed by atoms with Gasteiger partial charge in [-0.1, -0.05) is 0 Å². The van der Waals surface area contributed by atoms with E-state index in [0.29, 0.717) is 6.42 Å². The van der Waals surface area contributed by atoms with Crippen LogP contribution in [0.5, 0.6) is 0 Å². The van der Waals surface area contributed by atoms with Crippen LogP contribution in [0.25, 0.3) is 0 Å². The molecule has 0 aliphatic rings. The van der Waals surface area contributed by atoms with Gasteiger partial charge >= 0.3 is 5.97 Å². The normalized spacial score (nSPS) is 11.2. The third-order valence-electron chi connectivity index (χ3n) is 1.29. The Hall–Kier alpha value is 0.290. The van der Waals surface area contributed by atoms with Crippen LogP contribution in [-0.4, -0.2) is 64.6 Å². The van der Waals surface area contributed by atoms with Gasteiger partial charge in [0.2, 0.25) is 5.91 Å². The number of nitrogens with one attached hydrogen (secondary N) is 1. The van der Waals surface area contributed by atoms with E-state index in [0.717, 1.165) is 5.75 Å². The summed E-state index contributed by atoms with van der Waals surface area (Å²) < 4.78 is 0. The molecule has 0 aromatic rings. The van der Waals surface area contributed by atoms with Crippen molar-refractivity contribution >= 4 is 53.2 Å². The third kappa shape index (κ3) is 8.62. The fourth-order valence-electron chi connectivity index (χ4n) is 0.738. The van der Waals surface area contributed by atoms with E-state index in [4.69, 9.17) is 5.11 Å². The Balaban J connectivity index is 0. The van der Waals surface area contributed by atoms with Crippen LogP contribution < -0.4 is 5.32 Å². The molecule has 0 aliphatic heterocycles. The standard InChI is InChI=1S/C7H13NO3S.Na/c1-5(9)8-6(7(10)11)3-4-12-2;/h6H,3-4H2,1-2H3,(H,8,9)(H,10,11);. The van der Waals surface area contributed by atoms with Gasteiger partial charge in [0.25, 0.3) is 0 Å². The Kier molecular flexibility index (Phi) is 10.7. The van der Waals surface area contributed by atoms with Crippen LogP contribution in [0.3, 0.4) is 0 Å². The smallest absolute Gasteiger partial charge is 0.326 e. The molecule has 0 saturated heterocycles. The Bertz CT molecular complexity index is 177. The largest absolute Gasteiger partial charge is 0.480 e. The molecule has 0 heterocycles. The molecular formula is C7H13NNaO3S. The molecule has 0 aromatic carbocycles. The fourth-order valence-corrected chi connectivity index (χ4v) is 1.21. The van der Waals surface area contributed by atoms with Crippen molar-refractivity contribution in [1.82, 2.24) is 5.32 Å². The Morgan fingerprint density at radius 2 is 2.08 bits per heavy atom. The summed E-state index contributed by atoms with van der Waals surface area (Å²) in [4.78, 5) is 21.1. The molecule has 13 heavy (non-hydrogen) atoms. The second-order valence-corrected chi connectivity index (χ2v) is 3.36. The number of carboxylic acids is 1. The summed E-state index contributed by atoms with van der Waals surface area (Å²) in [5.74, 6) is -0.542. The van der Waals surface area contributed by atoms with Gasteiger partial charge in [-0.15, -0.1) is 0 Å². The minimum Gasteiger partial charge on any atom is -0.480 e. The Morgan fingerprint density at radius 3 is 2.38 bits per heavy atom. The fraction of sp³-hybridized carbons (Fsp3) is 0.714.